The third-order valence-corrected chi connectivity index (χ3v) is 6.94. The fraction of sp³-hybridized carbons (Fsp3) is 1.00. The fourth-order valence-electron chi connectivity index (χ4n) is 5.10. The first-order valence-electron chi connectivity index (χ1n) is 9.39. The molecule has 2 aliphatic carbocycles. The monoisotopic (exact) mass is 295 g/mol. The van der Waals surface area contributed by atoms with E-state index in [-0.39, 0.29) is 5.41 Å². The smallest absolute Gasteiger partial charge is 0.0716 e. The maximum absolute atomic E-state index is 11.4. The molecule has 0 unspecified atom stereocenters. The van der Waals surface area contributed by atoms with Crippen LogP contribution in [0.1, 0.15) is 85.0 Å². The van der Waals surface area contributed by atoms with E-state index in [0.717, 1.165) is 43.4 Å². The lowest BCUT2D eigenvalue weighted by Crippen LogP contribution is -2.56. The summed E-state index contributed by atoms with van der Waals surface area (Å²) >= 11 is 0. The molecule has 2 aliphatic rings. The highest BCUT2D eigenvalue weighted by Gasteiger charge is 2.51. The Morgan fingerprint density at radius 3 is 2.05 bits per heavy atom. The van der Waals surface area contributed by atoms with Crippen molar-refractivity contribution in [3.63, 3.8) is 0 Å². The molecule has 2 heteroatoms. The van der Waals surface area contributed by atoms with E-state index in [1.54, 1.807) is 0 Å². The summed E-state index contributed by atoms with van der Waals surface area (Å²) in [6.07, 6.45) is 11.8. The highest BCUT2D eigenvalue weighted by atomic mass is 16.3. The summed E-state index contributed by atoms with van der Waals surface area (Å²) in [6.45, 7) is 7.62. The number of hydrogen-bond donors (Lipinski definition) is 2. The maximum Gasteiger partial charge on any atom is 0.0716 e. The van der Waals surface area contributed by atoms with Gasteiger partial charge in [-0.2, -0.15) is 0 Å². The van der Waals surface area contributed by atoms with Gasteiger partial charge in [0.25, 0.3) is 0 Å². The lowest BCUT2D eigenvalue weighted by atomic mass is 9.55. The van der Waals surface area contributed by atoms with Gasteiger partial charge in [-0.25, -0.2) is 0 Å². The van der Waals surface area contributed by atoms with Crippen molar-refractivity contribution in [3.05, 3.63) is 0 Å². The second-order valence-electron chi connectivity index (χ2n) is 8.33. The SMILES string of the molecule is CCCC1CCC(O)(C2(CN)CCC(C(C)C)CC2)CC1. The molecule has 0 heterocycles. The van der Waals surface area contributed by atoms with Crippen LogP contribution in [0.15, 0.2) is 0 Å². The molecule has 0 aliphatic heterocycles. The minimum Gasteiger partial charge on any atom is -0.389 e. The van der Waals surface area contributed by atoms with Gasteiger partial charge in [0.15, 0.2) is 0 Å². The molecule has 0 atom stereocenters. The number of aliphatic hydroxyl groups is 1. The van der Waals surface area contributed by atoms with Crippen molar-refractivity contribution in [2.24, 2.45) is 28.9 Å². The Morgan fingerprint density at radius 1 is 1.05 bits per heavy atom. The van der Waals surface area contributed by atoms with E-state index in [2.05, 4.69) is 20.8 Å². The van der Waals surface area contributed by atoms with Gasteiger partial charge in [-0.15, -0.1) is 0 Å². The summed E-state index contributed by atoms with van der Waals surface area (Å²) in [6, 6.07) is 0. The van der Waals surface area contributed by atoms with Gasteiger partial charge in [-0.3, -0.25) is 0 Å². The molecule has 0 radical (unpaired) electrons. The zero-order chi connectivity index (χ0) is 15.5. The number of rotatable bonds is 5. The average molecular weight is 296 g/mol. The molecule has 3 N–H and O–H groups in total. The lowest BCUT2D eigenvalue weighted by molar-refractivity contribution is -0.134. The molecular formula is C19H37NO. The molecule has 0 bridgehead atoms. The summed E-state index contributed by atoms with van der Waals surface area (Å²) in [5, 5.41) is 11.4. The van der Waals surface area contributed by atoms with E-state index in [4.69, 9.17) is 5.73 Å². The Balaban J connectivity index is 2.01. The second kappa shape index (κ2) is 7.00. The summed E-state index contributed by atoms with van der Waals surface area (Å²) in [5.41, 5.74) is 5.74. The van der Waals surface area contributed by atoms with E-state index in [1.807, 2.05) is 0 Å². The van der Waals surface area contributed by atoms with Crippen molar-refractivity contribution < 1.29 is 5.11 Å². The molecule has 21 heavy (non-hydrogen) atoms. The van der Waals surface area contributed by atoms with Crippen molar-refractivity contribution >= 4 is 0 Å². The predicted octanol–water partition coefficient (Wildman–Crippen LogP) is 4.50. The van der Waals surface area contributed by atoms with E-state index < -0.39 is 5.60 Å². The molecule has 0 saturated heterocycles. The Hall–Kier alpha value is -0.0800. The fourth-order valence-corrected chi connectivity index (χ4v) is 5.10. The Bertz CT molecular complexity index is 310. The molecule has 0 aromatic heterocycles. The third kappa shape index (κ3) is 3.47. The number of hydrogen-bond acceptors (Lipinski definition) is 2. The first kappa shape index (κ1) is 17.3. The van der Waals surface area contributed by atoms with Crippen LogP contribution in [-0.2, 0) is 0 Å². The molecule has 2 nitrogen and oxygen atoms in total. The second-order valence-corrected chi connectivity index (χ2v) is 8.33. The molecule has 2 rings (SSSR count). The van der Waals surface area contributed by atoms with Gasteiger partial charge in [0.1, 0.15) is 0 Å². The lowest BCUT2D eigenvalue weighted by Gasteiger charge is -2.53. The van der Waals surface area contributed by atoms with Gasteiger partial charge in [0, 0.05) is 12.0 Å². The van der Waals surface area contributed by atoms with E-state index in [1.165, 1.54) is 38.5 Å². The van der Waals surface area contributed by atoms with Crippen molar-refractivity contribution in [1.29, 1.82) is 0 Å². The van der Waals surface area contributed by atoms with Gasteiger partial charge in [0.05, 0.1) is 5.60 Å². The van der Waals surface area contributed by atoms with Crippen LogP contribution in [0.2, 0.25) is 0 Å². The molecule has 124 valence electrons. The van der Waals surface area contributed by atoms with Crippen molar-refractivity contribution in [3.8, 4) is 0 Å². The van der Waals surface area contributed by atoms with Crippen LogP contribution < -0.4 is 5.73 Å². The zero-order valence-corrected chi connectivity index (χ0v) is 14.5. The van der Waals surface area contributed by atoms with Crippen LogP contribution >= 0.6 is 0 Å². The van der Waals surface area contributed by atoms with E-state index >= 15 is 0 Å². The van der Waals surface area contributed by atoms with E-state index in [0.29, 0.717) is 6.54 Å². The summed E-state index contributed by atoms with van der Waals surface area (Å²) in [4.78, 5) is 0. The molecule has 0 spiro atoms. The van der Waals surface area contributed by atoms with Gasteiger partial charge in [-0.1, -0.05) is 33.6 Å². The Labute approximate surface area is 131 Å². The van der Waals surface area contributed by atoms with Crippen LogP contribution in [0.25, 0.3) is 0 Å². The molecule has 0 aromatic rings. The number of nitrogens with two attached hydrogens (primary N) is 1. The highest BCUT2D eigenvalue weighted by Crippen LogP contribution is 2.53. The van der Waals surface area contributed by atoms with Crippen LogP contribution in [0.4, 0.5) is 0 Å². The standard InChI is InChI=1S/C19H37NO/c1-4-5-16-6-12-19(21,13-7-16)18(14-20)10-8-17(9-11-18)15(2)3/h15-17,21H,4-14,20H2,1-3H3. The van der Waals surface area contributed by atoms with Crippen molar-refractivity contribution in [2.45, 2.75) is 90.6 Å². The molecule has 2 saturated carbocycles. The van der Waals surface area contributed by atoms with Crippen LogP contribution in [0.3, 0.4) is 0 Å². The first-order chi connectivity index (χ1) is 9.96. The Kier molecular flexibility index (Phi) is 5.76. The van der Waals surface area contributed by atoms with Gasteiger partial charge in [-0.05, 0) is 69.1 Å². The third-order valence-electron chi connectivity index (χ3n) is 6.94. The predicted molar refractivity (Wildman–Crippen MR) is 90.1 cm³/mol. The molecule has 0 aromatic carbocycles. The van der Waals surface area contributed by atoms with Crippen molar-refractivity contribution in [1.82, 2.24) is 0 Å². The molecule has 0 amide bonds. The molecular weight excluding hydrogens is 258 g/mol. The minimum absolute atomic E-state index is 0.00950. The van der Waals surface area contributed by atoms with Gasteiger partial charge >= 0.3 is 0 Å². The topological polar surface area (TPSA) is 46.2 Å². The first-order valence-corrected chi connectivity index (χ1v) is 9.39. The summed E-state index contributed by atoms with van der Waals surface area (Å²) in [5.74, 6) is 2.46. The van der Waals surface area contributed by atoms with Gasteiger partial charge < -0.3 is 10.8 Å². The van der Waals surface area contributed by atoms with E-state index in [9.17, 15) is 5.11 Å². The summed E-state index contributed by atoms with van der Waals surface area (Å²) in [7, 11) is 0. The summed E-state index contributed by atoms with van der Waals surface area (Å²) < 4.78 is 0. The highest BCUT2D eigenvalue weighted by molar-refractivity contribution is 5.04. The van der Waals surface area contributed by atoms with Crippen LogP contribution in [0.5, 0.6) is 0 Å². The quantitative estimate of drug-likeness (QED) is 0.784. The van der Waals surface area contributed by atoms with Crippen LogP contribution in [0, 0.1) is 23.2 Å². The molecule has 2 fully saturated rings. The Morgan fingerprint density at radius 2 is 1.62 bits per heavy atom. The average Bonchev–Trinajstić information content (AvgIpc) is 2.50. The van der Waals surface area contributed by atoms with Crippen molar-refractivity contribution in [2.75, 3.05) is 6.54 Å². The minimum atomic E-state index is -0.478. The van der Waals surface area contributed by atoms with Gasteiger partial charge in [0.2, 0.25) is 0 Å². The normalized spacial score (nSPS) is 41.4. The maximum atomic E-state index is 11.4. The largest absolute Gasteiger partial charge is 0.389 e. The van der Waals surface area contributed by atoms with Crippen LogP contribution in [-0.4, -0.2) is 17.3 Å². The zero-order valence-electron chi connectivity index (χ0n) is 14.5.